The number of halogens is 1. The highest BCUT2D eigenvalue weighted by atomic mass is 79.9. The molecule has 0 aromatic carbocycles. The van der Waals surface area contributed by atoms with Gasteiger partial charge in [-0.2, -0.15) is 5.10 Å². The first kappa shape index (κ1) is 13.2. The van der Waals surface area contributed by atoms with Crippen molar-refractivity contribution >= 4 is 15.9 Å². The maximum atomic E-state index is 4.50. The molecular formula is C13H17BrN4. The lowest BCUT2D eigenvalue weighted by atomic mass is 10.3. The van der Waals surface area contributed by atoms with Crippen LogP contribution in [-0.4, -0.2) is 21.3 Å². The molecule has 5 heteroatoms. The predicted molar refractivity (Wildman–Crippen MR) is 75.3 cm³/mol. The summed E-state index contributed by atoms with van der Waals surface area (Å²) in [5.41, 5.74) is 2.08. The number of nitrogens with one attached hydrogen (secondary N) is 1. The van der Waals surface area contributed by atoms with Crippen molar-refractivity contribution in [3.8, 4) is 0 Å². The molecule has 2 rings (SSSR count). The first-order valence-corrected chi connectivity index (χ1v) is 6.90. The first-order valence-electron chi connectivity index (χ1n) is 6.11. The molecule has 2 heterocycles. The summed E-state index contributed by atoms with van der Waals surface area (Å²) in [5, 5.41) is 7.84. The van der Waals surface area contributed by atoms with E-state index in [9.17, 15) is 0 Å². The monoisotopic (exact) mass is 308 g/mol. The van der Waals surface area contributed by atoms with Gasteiger partial charge < -0.3 is 5.32 Å². The SMILES string of the molecule is CCCNCc1ccn(Cc2ccc(Br)cn2)n1. The molecule has 96 valence electrons. The summed E-state index contributed by atoms with van der Waals surface area (Å²) in [5.74, 6) is 0. The molecule has 0 aliphatic heterocycles. The third-order valence-electron chi connectivity index (χ3n) is 2.54. The van der Waals surface area contributed by atoms with Gasteiger partial charge in [0.25, 0.3) is 0 Å². The van der Waals surface area contributed by atoms with Crippen molar-refractivity contribution in [3.05, 3.63) is 46.5 Å². The molecule has 0 amide bonds. The van der Waals surface area contributed by atoms with E-state index in [0.29, 0.717) is 6.54 Å². The second-order valence-corrected chi connectivity index (χ2v) is 5.06. The van der Waals surface area contributed by atoms with Crippen LogP contribution in [0.25, 0.3) is 0 Å². The smallest absolute Gasteiger partial charge is 0.0831 e. The summed E-state index contributed by atoms with van der Waals surface area (Å²) in [7, 11) is 0. The van der Waals surface area contributed by atoms with Crippen molar-refractivity contribution in [3.63, 3.8) is 0 Å². The molecule has 0 saturated heterocycles. The second-order valence-electron chi connectivity index (χ2n) is 4.15. The molecule has 0 radical (unpaired) electrons. The zero-order valence-corrected chi connectivity index (χ0v) is 12.0. The molecule has 0 spiro atoms. The molecule has 4 nitrogen and oxygen atoms in total. The maximum Gasteiger partial charge on any atom is 0.0831 e. The summed E-state index contributed by atoms with van der Waals surface area (Å²) >= 11 is 3.38. The van der Waals surface area contributed by atoms with Gasteiger partial charge in [-0.3, -0.25) is 9.67 Å². The van der Waals surface area contributed by atoms with Crippen LogP contribution >= 0.6 is 15.9 Å². The standard InChI is InChI=1S/C13H17BrN4/c1-2-6-15-9-12-5-7-18(17-12)10-13-4-3-11(14)8-16-13/h3-5,7-8,15H,2,6,9-10H2,1H3. The van der Waals surface area contributed by atoms with Crippen molar-refractivity contribution < 1.29 is 0 Å². The van der Waals surface area contributed by atoms with Crippen LogP contribution in [0.2, 0.25) is 0 Å². The third kappa shape index (κ3) is 3.92. The molecule has 0 aliphatic carbocycles. The summed E-state index contributed by atoms with van der Waals surface area (Å²) in [6.45, 7) is 4.72. The van der Waals surface area contributed by atoms with Gasteiger partial charge in [0.05, 0.1) is 17.9 Å². The van der Waals surface area contributed by atoms with Crippen LogP contribution in [0.1, 0.15) is 24.7 Å². The van der Waals surface area contributed by atoms with E-state index in [1.807, 2.05) is 35.3 Å². The molecule has 0 saturated carbocycles. The molecule has 2 aromatic heterocycles. The fourth-order valence-corrected chi connectivity index (χ4v) is 1.88. The van der Waals surface area contributed by atoms with E-state index in [1.165, 1.54) is 0 Å². The number of nitrogens with zero attached hydrogens (tertiary/aromatic N) is 3. The molecule has 0 atom stereocenters. The van der Waals surface area contributed by atoms with Crippen LogP contribution in [0, 0.1) is 0 Å². The first-order chi connectivity index (χ1) is 8.78. The van der Waals surface area contributed by atoms with Gasteiger partial charge in [-0.25, -0.2) is 0 Å². The van der Waals surface area contributed by atoms with Crippen molar-refractivity contribution in [1.29, 1.82) is 0 Å². The fourth-order valence-electron chi connectivity index (χ4n) is 1.65. The van der Waals surface area contributed by atoms with Crippen molar-refractivity contribution in [2.45, 2.75) is 26.4 Å². The molecule has 2 aromatic rings. The highest BCUT2D eigenvalue weighted by Gasteiger charge is 2.00. The molecule has 0 unspecified atom stereocenters. The van der Waals surface area contributed by atoms with Gasteiger partial charge in [-0.1, -0.05) is 6.92 Å². The van der Waals surface area contributed by atoms with Gasteiger partial charge in [0.2, 0.25) is 0 Å². The Morgan fingerprint density at radius 1 is 1.28 bits per heavy atom. The number of rotatable bonds is 6. The minimum Gasteiger partial charge on any atom is -0.311 e. The third-order valence-corrected chi connectivity index (χ3v) is 3.01. The van der Waals surface area contributed by atoms with Crippen LogP contribution in [0.5, 0.6) is 0 Å². The average Bonchev–Trinajstić information content (AvgIpc) is 2.80. The van der Waals surface area contributed by atoms with E-state index >= 15 is 0 Å². The Bertz CT molecular complexity index is 478. The highest BCUT2D eigenvalue weighted by Crippen LogP contribution is 2.08. The minimum absolute atomic E-state index is 0.709. The highest BCUT2D eigenvalue weighted by molar-refractivity contribution is 9.10. The van der Waals surface area contributed by atoms with Crippen LogP contribution in [0.15, 0.2) is 35.1 Å². The largest absolute Gasteiger partial charge is 0.311 e. The molecule has 0 aliphatic rings. The summed E-state index contributed by atoms with van der Waals surface area (Å²) < 4.78 is 2.91. The zero-order chi connectivity index (χ0) is 12.8. The topological polar surface area (TPSA) is 42.7 Å². The van der Waals surface area contributed by atoms with Gasteiger partial charge in [-0.15, -0.1) is 0 Å². The average molecular weight is 309 g/mol. The Morgan fingerprint density at radius 2 is 2.17 bits per heavy atom. The zero-order valence-electron chi connectivity index (χ0n) is 10.4. The normalized spacial score (nSPS) is 10.8. The lowest BCUT2D eigenvalue weighted by Gasteiger charge is -2.02. The van der Waals surface area contributed by atoms with Gasteiger partial charge >= 0.3 is 0 Å². The van der Waals surface area contributed by atoms with E-state index in [1.54, 1.807) is 0 Å². The summed E-state index contributed by atoms with van der Waals surface area (Å²) in [4.78, 5) is 4.33. The van der Waals surface area contributed by atoms with Gasteiger partial charge in [0.15, 0.2) is 0 Å². The van der Waals surface area contributed by atoms with Crippen molar-refractivity contribution in [1.82, 2.24) is 20.1 Å². The molecule has 1 N–H and O–H groups in total. The maximum absolute atomic E-state index is 4.50. The molecule has 0 fully saturated rings. The second kappa shape index (κ2) is 6.66. The van der Waals surface area contributed by atoms with E-state index in [0.717, 1.165) is 35.4 Å². The van der Waals surface area contributed by atoms with Crippen molar-refractivity contribution in [2.75, 3.05) is 6.54 Å². The Balaban J connectivity index is 1.91. The summed E-state index contributed by atoms with van der Waals surface area (Å²) in [6.07, 6.45) is 4.94. The molecular weight excluding hydrogens is 292 g/mol. The number of aromatic nitrogens is 3. The molecule has 18 heavy (non-hydrogen) atoms. The van der Waals surface area contributed by atoms with Crippen LogP contribution in [0.4, 0.5) is 0 Å². The van der Waals surface area contributed by atoms with E-state index in [2.05, 4.69) is 38.3 Å². The van der Waals surface area contributed by atoms with Gasteiger partial charge in [-0.05, 0) is 47.1 Å². The van der Waals surface area contributed by atoms with Gasteiger partial charge in [0.1, 0.15) is 0 Å². The lowest BCUT2D eigenvalue weighted by Crippen LogP contribution is -2.14. The van der Waals surface area contributed by atoms with Crippen LogP contribution in [-0.2, 0) is 13.1 Å². The van der Waals surface area contributed by atoms with E-state index in [-0.39, 0.29) is 0 Å². The van der Waals surface area contributed by atoms with Gasteiger partial charge in [0, 0.05) is 23.4 Å². The lowest BCUT2D eigenvalue weighted by molar-refractivity contribution is 0.623. The quantitative estimate of drug-likeness (QED) is 0.834. The number of pyridine rings is 1. The van der Waals surface area contributed by atoms with Crippen LogP contribution in [0.3, 0.4) is 0 Å². The number of hydrogen-bond donors (Lipinski definition) is 1. The minimum atomic E-state index is 0.709. The van der Waals surface area contributed by atoms with Crippen molar-refractivity contribution in [2.24, 2.45) is 0 Å². The Hall–Kier alpha value is -1.20. The molecule has 0 bridgehead atoms. The van der Waals surface area contributed by atoms with E-state index < -0.39 is 0 Å². The predicted octanol–water partition coefficient (Wildman–Crippen LogP) is 2.59. The Labute approximate surface area is 116 Å². The number of hydrogen-bond acceptors (Lipinski definition) is 3. The van der Waals surface area contributed by atoms with Crippen LogP contribution < -0.4 is 5.32 Å². The Kier molecular flexibility index (Phi) is 4.90. The fraction of sp³-hybridized carbons (Fsp3) is 0.385. The van der Waals surface area contributed by atoms with E-state index in [4.69, 9.17) is 0 Å². The Morgan fingerprint density at radius 3 is 2.89 bits per heavy atom. The summed E-state index contributed by atoms with van der Waals surface area (Å²) in [6, 6.07) is 6.04.